The first-order valence-electron chi connectivity index (χ1n) is 15.4. The first-order valence-corrected chi connectivity index (χ1v) is 17.0. The lowest BCUT2D eigenvalue weighted by Gasteiger charge is -2.32. The SMILES string of the molecule is COc1c(N)cc(F)cc1B1OC(C)(C)C(C)(C)O1.COc1c(N)cc(F)cc1Br.Cc1c(N)cc(F)cc1-c1cnn(C)n1.Cn1ncc(Br)n1. The van der Waals surface area contributed by atoms with Gasteiger partial charge in [-0.3, -0.25) is 0 Å². The van der Waals surface area contributed by atoms with Crippen LogP contribution in [0.3, 0.4) is 0 Å². The van der Waals surface area contributed by atoms with Gasteiger partial charge >= 0.3 is 7.12 Å². The number of nitrogens with zero attached hydrogens (tertiary/aromatic N) is 6. The molecule has 19 heteroatoms. The molecule has 6 rings (SSSR count). The molecule has 1 aliphatic rings. The Balaban J connectivity index is 0.000000197. The van der Waals surface area contributed by atoms with Gasteiger partial charge in [0.2, 0.25) is 0 Å². The number of methoxy groups -OCH3 is 2. The highest BCUT2D eigenvalue weighted by Gasteiger charge is 2.52. The van der Waals surface area contributed by atoms with Crippen LogP contribution in [0.5, 0.6) is 11.5 Å². The van der Waals surface area contributed by atoms with Crippen LogP contribution < -0.4 is 32.1 Å². The molecular weight excluding hydrogens is 814 g/mol. The summed E-state index contributed by atoms with van der Waals surface area (Å²) in [6, 6.07) is 7.77. The van der Waals surface area contributed by atoms with E-state index in [0.29, 0.717) is 44.1 Å². The van der Waals surface area contributed by atoms with Crippen molar-refractivity contribution < 1.29 is 32.0 Å². The van der Waals surface area contributed by atoms with Crippen molar-refractivity contribution in [2.45, 2.75) is 45.8 Å². The van der Waals surface area contributed by atoms with Gasteiger partial charge in [0.1, 0.15) is 33.5 Å². The topological polar surface area (TPSA) is 176 Å². The Morgan fingerprint density at radius 2 is 1.19 bits per heavy atom. The number of anilines is 3. The van der Waals surface area contributed by atoms with E-state index in [2.05, 4.69) is 52.3 Å². The Labute approximate surface area is 317 Å². The molecule has 0 spiro atoms. The van der Waals surface area contributed by atoms with E-state index < -0.39 is 24.1 Å². The lowest BCUT2D eigenvalue weighted by molar-refractivity contribution is 0.00578. The molecule has 13 nitrogen and oxygen atoms in total. The highest BCUT2D eigenvalue weighted by Crippen LogP contribution is 2.38. The van der Waals surface area contributed by atoms with Crippen molar-refractivity contribution in [1.82, 2.24) is 30.0 Å². The van der Waals surface area contributed by atoms with E-state index in [1.54, 1.807) is 26.5 Å². The van der Waals surface area contributed by atoms with Crippen molar-refractivity contribution in [3.05, 3.63) is 80.9 Å². The van der Waals surface area contributed by atoms with E-state index >= 15 is 0 Å². The van der Waals surface area contributed by atoms with Crippen LogP contribution in [-0.4, -0.2) is 62.5 Å². The van der Waals surface area contributed by atoms with Crippen LogP contribution in [0.2, 0.25) is 0 Å². The zero-order valence-corrected chi connectivity index (χ0v) is 33.3. The zero-order chi connectivity index (χ0) is 39.1. The summed E-state index contributed by atoms with van der Waals surface area (Å²) in [5.74, 6) is -0.330. The minimum atomic E-state index is -0.696. The standard InChI is InChI=1S/C13H19BFNO3.C10H11FN4.C7H7BrFNO.C3H4BrN3/c1-12(2)13(3,4)19-14(18-12)9-6-8(15)7-10(16)11(9)17-5;1-6-8(3-7(11)4-9(6)12)10-5-13-15(2)14-10;1-11-7-5(8)2-4(9)3-6(7)10;1-7-5-2-3(4)6-7/h6-7H,16H2,1-5H3;3-5H,12H2,1-2H3;2-3H,10H2,1H3;2H,1H3. The normalized spacial score (nSPS) is 13.9. The molecule has 0 unspecified atom stereocenters. The lowest BCUT2D eigenvalue weighted by Crippen LogP contribution is -2.41. The van der Waals surface area contributed by atoms with E-state index in [1.165, 1.54) is 60.2 Å². The van der Waals surface area contributed by atoms with E-state index in [0.717, 1.165) is 10.2 Å². The molecular formula is C33H41BBr2F3N9O4. The van der Waals surface area contributed by atoms with Gasteiger partial charge in [-0.05, 0) is 96.3 Å². The van der Waals surface area contributed by atoms with Crippen LogP contribution in [0.1, 0.15) is 33.3 Å². The van der Waals surface area contributed by atoms with Crippen LogP contribution in [0.4, 0.5) is 30.2 Å². The largest absolute Gasteiger partial charge is 0.498 e. The van der Waals surface area contributed by atoms with E-state index in [4.69, 9.17) is 36.0 Å². The maximum Gasteiger partial charge on any atom is 0.498 e. The number of ether oxygens (including phenoxy) is 2. The summed E-state index contributed by atoms with van der Waals surface area (Å²) in [4.78, 5) is 2.92. The van der Waals surface area contributed by atoms with Crippen LogP contribution in [0, 0.1) is 24.4 Å². The van der Waals surface area contributed by atoms with Crippen molar-refractivity contribution in [2.24, 2.45) is 14.1 Å². The quantitative estimate of drug-likeness (QED) is 0.143. The maximum atomic E-state index is 13.5. The molecule has 6 N–H and O–H groups in total. The number of nitrogens with two attached hydrogens (primary N) is 3. The van der Waals surface area contributed by atoms with Gasteiger partial charge in [0, 0.05) is 42.9 Å². The van der Waals surface area contributed by atoms with Gasteiger partial charge in [-0.2, -0.15) is 24.9 Å². The fraction of sp³-hybridized carbons (Fsp3) is 0.333. The number of aromatic nitrogens is 6. The Bertz CT molecular complexity index is 1940. The number of benzene rings is 3. The molecule has 0 aliphatic carbocycles. The summed E-state index contributed by atoms with van der Waals surface area (Å²) in [5, 5.41) is 15.7. The molecule has 0 radical (unpaired) electrons. The summed E-state index contributed by atoms with van der Waals surface area (Å²) in [6.07, 6.45) is 3.22. The smallest absolute Gasteiger partial charge is 0.495 e. The van der Waals surface area contributed by atoms with Crippen molar-refractivity contribution in [2.75, 3.05) is 31.4 Å². The van der Waals surface area contributed by atoms with Crippen molar-refractivity contribution >= 4 is 61.5 Å². The molecule has 0 atom stereocenters. The minimum absolute atomic E-state index is 0.229. The third kappa shape index (κ3) is 10.6. The summed E-state index contributed by atoms with van der Waals surface area (Å²) in [6.45, 7) is 9.56. The summed E-state index contributed by atoms with van der Waals surface area (Å²) >= 11 is 6.25. The highest BCUT2D eigenvalue weighted by molar-refractivity contribution is 9.10. The molecule has 1 saturated heterocycles. The molecule has 5 aromatic rings. The number of hydrogen-bond donors (Lipinski definition) is 3. The average molecular weight is 855 g/mol. The van der Waals surface area contributed by atoms with Gasteiger partial charge in [0.15, 0.2) is 5.75 Å². The summed E-state index contributed by atoms with van der Waals surface area (Å²) in [7, 11) is 5.75. The molecule has 280 valence electrons. The molecule has 2 aromatic heterocycles. The fourth-order valence-electron chi connectivity index (χ4n) is 4.57. The van der Waals surface area contributed by atoms with Crippen LogP contribution >= 0.6 is 31.9 Å². The molecule has 3 aromatic carbocycles. The molecule has 3 heterocycles. The molecule has 1 fully saturated rings. The summed E-state index contributed by atoms with van der Waals surface area (Å²) < 4.78 is 62.5. The first-order chi connectivity index (χ1) is 24.2. The molecule has 1 aliphatic heterocycles. The second-order valence-electron chi connectivity index (χ2n) is 12.3. The van der Waals surface area contributed by atoms with Gasteiger partial charge in [-0.1, -0.05) is 0 Å². The van der Waals surface area contributed by atoms with Crippen LogP contribution in [-0.2, 0) is 23.4 Å². The zero-order valence-electron chi connectivity index (χ0n) is 30.1. The lowest BCUT2D eigenvalue weighted by atomic mass is 9.78. The van der Waals surface area contributed by atoms with Crippen molar-refractivity contribution in [3.63, 3.8) is 0 Å². The summed E-state index contributed by atoms with van der Waals surface area (Å²) in [5.41, 5.74) is 19.4. The number of rotatable bonds is 4. The Hall–Kier alpha value is -4.33. The Morgan fingerprint density at radius 1 is 0.712 bits per heavy atom. The third-order valence-corrected chi connectivity index (χ3v) is 8.88. The van der Waals surface area contributed by atoms with Gasteiger partial charge < -0.3 is 36.0 Å². The van der Waals surface area contributed by atoms with Crippen molar-refractivity contribution in [1.29, 1.82) is 0 Å². The van der Waals surface area contributed by atoms with E-state index in [1.807, 2.05) is 34.6 Å². The van der Waals surface area contributed by atoms with Crippen molar-refractivity contribution in [3.8, 4) is 22.8 Å². The first kappa shape index (κ1) is 42.1. The molecule has 0 amide bonds. The Morgan fingerprint density at radius 3 is 1.63 bits per heavy atom. The average Bonchev–Trinajstić information content (AvgIpc) is 3.70. The molecule has 0 saturated carbocycles. The maximum absolute atomic E-state index is 13.5. The van der Waals surface area contributed by atoms with E-state index in [9.17, 15) is 13.2 Å². The molecule has 0 bridgehead atoms. The third-order valence-electron chi connectivity index (χ3n) is 7.92. The van der Waals surface area contributed by atoms with E-state index in [-0.39, 0.29) is 17.3 Å². The van der Waals surface area contributed by atoms with Gasteiger partial charge in [0.25, 0.3) is 0 Å². The van der Waals surface area contributed by atoms with Gasteiger partial charge in [0.05, 0.1) is 53.7 Å². The second-order valence-corrected chi connectivity index (χ2v) is 13.9. The second kappa shape index (κ2) is 17.5. The predicted molar refractivity (Wildman–Crippen MR) is 202 cm³/mol. The molecule has 52 heavy (non-hydrogen) atoms. The highest BCUT2D eigenvalue weighted by atomic mass is 79.9. The number of nitrogen functional groups attached to an aromatic ring is 3. The number of aryl methyl sites for hydroxylation is 2. The monoisotopic (exact) mass is 853 g/mol. The predicted octanol–water partition coefficient (Wildman–Crippen LogP) is 5.98. The minimum Gasteiger partial charge on any atom is -0.495 e. The van der Waals surface area contributed by atoms with Crippen LogP contribution in [0.15, 0.2) is 57.9 Å². The van der Waals surface area contributed by atoms with Crippen LogP contribution in [0.25, 0.3) is 11.3 Å². The Kier molecular flexibility index (Phi) is 14.1. The fourth-order valence-corrected chi connectivity index (χ4v) is 5.50. The van der Waals surface area contributed by atoms with Gasteiger partial charge in [-0.25, -0.2) is 13.2 Å². The van der Waals surface area contributed by atoms with Gasteiger partial charge in [-0.15, -0.1) is 5.10 Å². The number of hydrogen-bond acceptors (Lipinski definition) is 11. The number of halogens is 5.